The summed E-state index contributed by atoms with van der Waals surface area (Å²) in [6, 6.07) is 0. The van der Waals surface area contributed by atoms with E-state index in [0.29, 0.717) is 25.7 Å². The highest BCUT2D eigenvalue weighted by molar-refractivity contribution is 7.47. The van der Waals surface area contributed by atoms with Crippen molar-refractivity contribution in [1.82, 2.24) is 0 Å². The second-order valence-corrected chi connectivity index (χ2v) is 29.6. The minimum Gasteiger partial charge on any atom is -0.462 e. The molecule has 0 aromatic heterocycles. The predicted octanol–water partition coefficient (Wildman–Crippen LogP) is 22.7. The van der Waals surface area contributed by atoms with Gasteiger partial charge >= 0.3 is 39.5 Å². The molecule has 0 fully saturated rings. The van der Waals surface area contributed by atoms with E-state index in [1.54, 1.807) is 0 Å². The normalized spacial score (nSPS) is 14.2. The summed E-state index contributed by atoms with van der Waals surface area (Å²) in [5.74, 6) is -2.19. The van der Waals surface area contributed by atoms with E-state index in [-0.39, 0.29) is 25.7 Å². The predicted molar refractivity (Wildman–Crippen MR) is 400 cm³/mol. The molecule has 0 aliphatic carbocycles. The molecule has 5 atom stereocenters. The number of esters is 4. The fourth-order valence-electron chi connectivity index (χ4n) is 10.8. The van der Waals surface area contributed by atoms with E-state index in [2.05, 4.69) is 88.5 Å². The first-order chi connectivity index (χ1) is 47.7. The lowest BCUT2D eigenvalue weighted by molar-refractivity contribution is -0.161. The maximum absolute atomic E-state index is 13.1. The summed E-state index contributed by atoms with van der Waals surface area (Å²) in [4.78, 5) is 72.9. The fourth-order valence-corrected chi connectivity index (χ4v) is 12.4. The van der Waals surface area contributed by atoms with Gasteiger partial charge in [-0.2, -0.15) is 0 Å². The molecule has 0 saturated heterocycles. The molecule has 0 rings (SSSR count). The quantitative estimate of drug-likeness (QED) is 0.0128. The third-order valence-corrected chi connectivity index (χ3v) is 18.9. The standard InChI is InChI=1S/C79H144O17P2/c1-5-9-13-17-21-25-29-33-36-40-44-48-52-56-60-64-77(82)90-70-75(96-79(84)66-62-58-54-50-46-42-38-35-31-27-23-19-15-11-7-3)72-94-98(87,88)92-68-73(80)67-91-97(85,86)93-71-74(69-89-76(81)63-59-55-51-47-43-39-32-28-24-20-16-12-8-4)95-78(83)65-61-57-53-49-45-41-37-34-30-26-22-18-14-10-6-2/h27-28,31-38,73-75,80H,5-26,29-30,39-72H2,1-4H3,(H,85,86)(H,87,88)/b31-27-,32-28-,36-33-,37-34-,38-35-/t73-,74+,75+/m0/s1. The Labute approximate surface area is 597 Å². The highest BCUT2D eigenvalue weighted by atomic mass is 31.2. The average Bonchev–Trinajstić information content (AvgIpc) is 1.04. The number of rotatable bonds is 75. The Morgan fingerprint density at radius 2 is 0.500 bits per heavy atom. The Morgan fingerprint density at radius 3 is 0.776 bits per heavy atom. The Bertz CT molecular complexity index is 2100. The number of aliphatic hydroxyl groups excluding tert-OH is 1. The molecule has 0 spiro atoms. The van der Waals surface area contributed by atoms with Crippen LogP contribution in [0.3, 0.4) is 0 Å². The lowest BCUT2D eigenvalue weighted by atomic mass is 10.1. The summed E-state index contributed by atoms with van der Waals surface area (Å²) in [7, 11) is -9.95. The first-order valence-electron chi connectivity index (χ1n) is 39.5. The Balaban J connectivity index is 5.35. The summed E-state index contributed by atoms with van der Waals surface area (Å²) in [5.41, 5.74) is 0. The van der Waals surface area contributed by atoms with Crippen LogP contribution in [0.5, 0.6) is 0 Å². The number of hydrogen-bond acceptors (Lipinski definition) is 15. The Hall–Kier alpha value is -3.24. The number of phosphoric ester groups is 2. The van der Waals surface area contributed by atoms with Gasteiger partial charge in [-0.05, 0) is 128 Å². The van der Waals surface area contributed by atoms with Gasteiger partial charge in [0.15, 0.2) is 12.2 Å². The topological polar surface area (TPSA) is 237 Å². The molecule has 2 unspecified atom stereocenters. The molecule has 17 nitrogen and oxygen atoms in total. The third-order valence-electron chi connectivity index (χ3n) is 17.0. The Kier molecular flexibility index (Phi) is 69.7. The van der Waals surface area contributed by atoms with Crippen LogP contribution in [0, 0.1) is 0 Å². The van der Waals surface area contributed by atoms with Crippen molar-refractivity contribution in [2.24, 2.45) is 0 Å². The van der Waals surface area contributed by atoms with E-state index in [0.717, 1.165) is 154 Å². The number of unbranched alkanes of at least 4 members (excludes halogenated alkanes) is 40. The molecular formula is C79H144O17P2. The van der Waals surface area contributed by atoms with Gasteiger partial charge in [0, 0.05) is 25.7 Å². The van der Waals surface area contributed by atoms with Crippen molar-refractivity contribution in [3.63, 3.8) is 0 Å². The van der Waals surface area contributed by atoms with Crippen molar-refractivity contribution in [1.29, 1.82) is 0 Å². The maximum Gasteiger partial charge on any atom is 0.472 e. The van der Waals surface area contributed by atoms with E-state index in [9.17, 15) is 43.2 Å². The lowest BCUT2D eigenvalue weighted by Gasteiger charge is -2.21. The maximum atomic E-state index is 13.1. The highest BCUT2D eigenvalue weighted by Gasteiger charge is 2.30. The van der Waals surface area contributed by atoms with Crippen LogP contribution in [0.15, 0.2) is 60.8 Å². The van der Waals surface area contributed by atoms with Gasteiger partial charge in [0.2, 0.25) is 0 Å². The second kappa shape index (κ2) is 72.1. The molecule has 0 saturated carbocycles. The summed E-state index contributed by atoms with van der Waals surface area (Å²) < 4.78 is 68.5. The molecule has 0 aromatic rings. The van der Waals surface area contributed by atoms with Gasteiger partial charge < -0.3 is 33.8 Å². The molecule has 0 amide bonds. The average molecular weight is 1430 g/mol. The molecule has 0 heterocycles. The number of carbonyl (C=O) groups excluding carboxylic acids is 4. The molecule has 3 N–H and O–H groups in total. The molecule has 0 aromatic carbocycles. The van der Waals surface area contributed by atoms with Gasteiger partial charge in [-0.25, -0.2) is 9.13 Å². The van der Waals surface area contributed by atoms with E-state index >= 15 is 0 Å². The highest BCUT2D eigenvalue weighted by Crippen LogP contribution is 2.45. The summed E-state index contributed by atoms with van der Waals surface area (Å²) in [6.07, 6.45) is 70.5. The van der Waals surface area contributed by atoms with Gasteiger partial charge in [0.25, 0.3) is 0 Å². The SMILES string of the molecule is CCCCCC/C=C\C=C/CCCCCCCC(=O)O[C@H](COC(=O)CCCCCCC/C=C\CCCCCCCC)COP(=O)(O)OC[C@@H](O)COP(=O)(O)OC[C@@H](COC(=O)CCCCCCC/C=C\CCCCCC)OC(=O)CCCCCCC/C=C\CCCCCCCC. The lowest BCUT2D eigenvalue weighted by Crippen LogP contribution is -2.30. The first-order valence-corrected chi connectivity index (χ1v) is 42.5. The molecular weight excluding hydrogens is 1280 g/mol. The summed E-state index contributed by atoms with van der Waals surface area (Å²) >= 11 is 0. The summed E-state index contributed by atoms with van der Waals surface area (Å²) in [5, 5.41) is 10.6. The Morgan fingerprint density at radius 1 is 0.286 bits per heavy atom. The number of hydrogen-bond donors (Lipinski definition) is 3. The van der Waals surface area contributed by atoms with Crippen molar-refractivity contribution < 1.29 is 80.2 Å². The fraction of sp³-hybridized carbons (Fsp3) is 0.823. The van der Waals surface area contributed by atoms with Gasteiger partial charge in [0.05, 0.1) is 26.4 Å². The van der Waals surface area contributed by atoms with Crippen molar-refractivity contribution in [2.45, 2.75) is 380 Å². The molecule has 19 heteroatoms. The molecule has 0 radical (unpaired) electrons. The first kappa shape index (κ1) is 94.8. The zero-order valence-corrected chi connectivity index (χ0v) is 64.3. The van der Waals surface area contributed by atoms with Crippen molar-refractivity contribution in [3.8, 4) is 0 Å². The number of allylic oxidation sites excluding steroid dienone is 10. The monoisotopic (exact) mass is 1430 g/mol. The third kappa shape index (κ3) is 71.2. The van der Waals surface area contributed by atoms with E-state index in [1.807, 2.05) is 0 Å². The molecule has 0 aliphatic heterocycles. The van der Waals surface area contributed by atoms with Crippen molar-refractivity contribution in [3.05, 3.63) is 60.8 Å². The van der Waals surface area contributed by atoms with Crippen LogP contribution < -0.4 is 0 Å². The summed E-state index contributed by atoms with van der Waals surface area (Å²) in [6.45, 7) is 4.84. The van der Waals surface area contributed by atoms with E-state index in [4.69, 9.17) is 37.0 Å². The zero-order chi connectivity index (χ0) is 71.8. The van der Waals surface area contributed by atoms with Gasteiger partial charge in [-0.1, -0.05) is 268 Å². The van der Waals surface area contributed by atoms with Crippen molar-refractivity contribution in [2.75, 3.05) is 39.6 Å². The van der Waals surface area contributed by atoms with Crippen LogP contribution in [0.2, 0.25) is 0 Å². The van der Waals surface area contributed by atoms with Crippen LogP contribution >= 0.6 is 15.6 Å². The van der Waals surface area contributed by atoms with Crippen LogP contribution in [0.25, 0.3) is 0 Å². The van der Waals surface area contributed by atoms with Gasteiger partial charge in [0.1, 0.15) is 19.3 Å². The molecule has 0 aliphatic rings. The number of carbonyl (C=O) groups is 4. The van der Waals surface area contributed by atoms with Crippen LogP contribution in [0.4, 0.5) is 0 Å². The van der Waals surface area contributed by atoms with Crippen LogP contribution in [-0.4, -0.2) is 96.7 Å². The van der Waals surface area contributed by atoms with E-state index in [1.165, 1.54) is 128 Å². The second-order valence-electron chi connectivity index (χ2n) is 26.7. The smallest absolute Gasteiger partial charge is 0.462 e. The number of ether oxygens (including phenoxy) is 4. The van der Waals surface area contributed by atoms with Gasteiger partial charge in [-0.3, -0.25) is 37.3 Å². The molecule has 0 bridgehead atoms. The van der Waals surface area contributed by atoms with E-state index < -0.39 is 97.5 Å². The molecule has 572 valence electrons. The van der Waals surface area contributed by atoms with Gasteiger partial charge in [-0.15, -0.1) is 0 Å². The number of aliphatic hydroxyl groups is 1. The molecule has 98 heavy (non-hydrogen) atoms. The minimum atomic E-state index is -4.98. The largest absolute Gasteiger partial charge is 0.472 e. The minimum absolute atomic E-state index is 0.0792. The van der Waals surface area contributed by atoms with Crippen molar-refractivity contribution >= 4 is 39.5 Å². The van der Waals surface area contributed by atoms with Crippen LogP contribution in [0.1, 0.15) is 362 Å². The van der Waals surface area contributed by atoms with Crippen LogP contribution in [-0.2, 0) is 65.4 Å². The number of phosphoric acid groups is 2. The zero-order valence-electron chi connectivity index (χ0n) is 62.5.